The van der Waals surface area contributed by atoms with Crippen molar-refractivity contribution < 1.29 is 14.3 Å². The molecule has 0 saturated heterocycles. The topological polar surface area (TPSA) is 43.4 Å². The van der Waals surface area contributed by atoms with Gasteiger partial charge in [-0.25, -0.2) is 0 Å². The number of hydrogen-bond acceptors (Lipinski definition) is 3. The average Bonchev–Trinajstić information content (AvgIpc) is 2.80. The first-order valence-electron chi connectivity index (χ1n) is 13.9. The molecule has 0 amide bonds. The molecule has 0 unspecified atom stereocenters. The van der Waals surface area contributed by atoms with Crippen LogP contribution in [0.3, 0.4) is 0 Å². The average molecular weight is 546 g/mol. The first kappa shape index (κ1) is 25.7. The number of ether oxygens (including phenoxy) is 1. The Morgan fingerprint density at radius 3 is 2.37 bits per heavy atom. The van der Waals surface area contributed by atoms with Gasteiger partial charge < -0.3 is 4.74 Å². The van der Waals surface area contributed by atoms with Gasteiger partial charge in [0.2, 0.25) is 0 Å². The summed E-state index contributed by atoms with van der Waals surface area (Å²) < 4.78 is 5.31. The Morgan fingerprint density at radius 2 is 1.71 bits per heavy atom. The first-order chi connectivity index (χ1) is 16.2. The number of allylic oxidation sites excluding steroid dienone is 3. The quantitative estimate of drug-likeness (QED) is 0.194. The first-order valence-corrected chi connectivity index (χ1v) is 14.8. The lowest BCUT2D eigenvalue weighted by atomic mass is 9.33. The van der Waals surface area contributed by atoms with E-state index in [1.54, 1.807) is 0 Å². The highest BCUT2D eigenvalue weighted by atomic mass is 79.9. The molecule has 0 aromatic heterocycles. The number of hydrogen-bond donors (Lipinski definition) is 0. The maximum atomic E-state index is 14.4. The summed E-state index contributed by atoms with van der Waals surface area (Å²) in [6.07, 6.45) is 13.2. The van der Waals surface area contributed by atoms with E-state index in [4.69, 9.17) is 4.74 Å². The van der Waals surface area contributed by atoms with Gasteiger partial charge in [-0.1, -0.05) is 75.2 Å². The highest BCUT2D eigenvalue weighted by molar-refractivity contribution is 9.09. The van der Waals surface area contributed by atoms with Crippen LogP contribution in [-0.2, 0) is 14.3 Å². The lowest BCUT2D eigenvalue weighted by molar-refractivity contribution is -0.183. The van der Waals surface area contributed by atoms with E-state index in [0.29, 0.717) is 29.0 Å². The van der Waals surface area contributed by atoms with Crippen LogP contribution in [-0.4, -0.2) is 23.7 Å². The number of esters is 1. The second-order valence-electron chi connectivity index (χ2n) is 14.2. The van der Waals surface area contributed by atoms with Crippen LogP contribution in [0.25, 0.3) is 0 Å². The van der Waals surface area contributed by atoms with Gasteiger partial charge in [0.25, 0.3) is 0 Å². The number of rotatable bonds is 1. The predicted octanol–water partition coefficient (Wildman–Crippen LogP) is 7.54. The summed E-state index contributed by atoms with van der Waals surface area (Å²) in [4.78, 5) is 27.5. The van der Waals surface area contributed by atoms with E-state index in [-0.39, 0.29) is 38.9 Å². The fourth-order valence-electron chi connectivity index (χ4n) is 10.3. The fourth-order valence-corrected chi connectivity index (χ4v) is 11.1. The Hall–Kier alpha value is -0.900. The van der Waals surface area contributed by atoms with Gasteiger partial charge in [0, 0.05) is 10.7 Å². The van der Waals surface area contributed by atoms with Crippen molar-refractivity contribution in [2.24, 2.45) is 56.7 Å². The third-order valence-electron chi connectivity index (χ3n) is 12.9. The Bertz CT molecular complexity index is 1010. The van der Waals surface area contributed by atoms with Gasteiger partial charge in [0.05, 0.1) is 12.5 Å². The highest BCUT2D eigenvalue weighted by Crippen LogP contribution is 2.75. The fraction of sp³-hybridized carbons (Fsp3) is 0.806. The molecule has 0 aliphatic heterocycles. The molecule has 11 atom stereocenters. The molecule has 0 heterocycles. The Balaban J connectivity index is 1.67. The maximum Gasteiger partial charge on any atom is 0.315 e. The van der Waals surface area contributed by atoms with E-state index in [0.717, 1.165) is 19.3 Å². The van der Waals surface area contributed by atoms with Crippen molar-refractivity contribution >= 4 is 27.7 Å². The molecule has 35 heavy (non-hydrogen) atoms. The number of fused-ring (bicyclic) bond motifs is 7. The normalized spacial score (nSPS) is 55.1. The van der Waals surface area contributed by atoms with Gasteiger partial charge in [0.1, 0.15) is 0 Å². The van der Waals surface area contributed by atoms with Crippen molar-refractivity contribution in [3.63, 3.8) is 0 Å². The van der Waals surface area contributed by atoms with Crippen LogP contribution in [0, 0.1) is 56.7 Å². The SMILES string of the molecule is COC(=O)[C@@]1(C)C=C[C@H](Br)[C@@]2(C)[C@H]1CC[C@]1(C)[C@@H]2C(=O)C=C2[C@@H]3[C@@H](C)[C@H](C)CC[C@]3(C)CC[C@]21C. The van der Waals surface area contributed by atoms with Gasteiger partial charge in [-0.2, -0.15) is 0 Å². The van der Waals surface area contributed by atoms with Crippen molar-refractivity contribution in [3.05, 3.63) is 23.8 Å². The zero-order valence-electron chi connectivity index (χ0n) is 23.0. The van der Waals surface area contributed by atoms with Gasteiger partial charge in [-0.15, -0.1) is 0 Å². The molecule has 3 nitrogen and oxygen atoms in total. The molecule has 0 spiro atoms. The minimum absolute atomic E-state index is 0.00456. The number of alkyl halides is 1. The molecule has 5 aliphatic rings. The zero-order valence-corrected chi connectivity index (χ0v) is 24.6. The summed E-state index contributed by atoms with van der Waals surface area (Å²) in [5, 5.41) is 0. The molecular weight excluding hydrogens is 500 g/mol. The molecule has 194 valence electrons. The molecule has 0 N–H and O–H groups in total. The van der Waals surface area contributed by atoms with E-state index >= 15 is 0 Å². The highest BCUT2D eigenvalue weighted by Gasteiger charge is 2.71. The van der Waals surface area contributed by atoms with E-state index in [2.05, 4.69) is 69.6 Å². The van der Waals surface area contributed by atoms with Gasteiger partial charge >= 0.3 is 5.97 Å². The molecule has 0 aromatic rings. The number of methoxy groups -OCH3 is 1. The summed E-state index contributed by atoms with van der Waals surface area (Å²) in [5.41, 5.74) is 0.568. The summed E-state index contributed by atoms with van der Waals surface area (Å²) in [6.45, 7) is 16.6. The monoisotopic (exact) mass is 544 g/mol. The second-order valence-corrected chi connectivity index (χ2v) is 15.2. The predicted molar refractivity (Wildman–Crippen MR) is 144 cm³/mol. The van der Waals surface area contributed by atoms with Crippen LogP contribution in [0.15, 0.2) is 23.8 Å². The molecule has 5 rings (SSSR count). The van der Waals surface area contributed by atoms with E-state index < -0.39 is 5.41 Å². The van der Waals surface area contributed by atoms with E-state index in [1.165, 1.54) is 31.9 Å². The lowest BCUT2D eigenvalue weighted by Crippen LogP contribution is -2.67. The van der Waals surface area contributed by atoms with Gasteiger partial charge in [-0.05, 0) is 96.9 Å². The maximum absolute atomic E-state index is 14.4. The molecule has 0 radical (unpaired) electrons. The largest absolute Gasteiger partial charge is 0.468 e. The minimum atomic E-state index is -0.710. The van der Waals surface area contributed by atoms with Crippen molar-refractivity contribution in [1.29, 1.82) is 0 Å². The van der Waals surface area contributed by atoms with E-state index in [9.17, 15) is 9.59 Å². The van der Waals surface area contributed by atoms with Crippen molar-refractivity contribution in [3.8, 4) is 0 Å². The van der Waals surface area contributed by atoms with Gasteiger partial charge in [-0.3, -0.25) is 9.59 Å². The molecule has 5 aliphatic carbocycles. The van der Waals surface area contributed by atoms with Crippen LogP contribution >= 0.6 is 15.9 Å². The van der Waals surface area contributed by atoms with Gasteiger partial charge in [0.15, 0.2) is 5.78 Å². The number of carbonyl (C=O) groups is 2. The van der Waals surface area contributed by atoms with Crippen LogP contribution < -0.4 is 0 Å². The van der Waals surface area contributed by atoms with Crippen LogP contribution in [0.2, 0.25) is 0 Å². The van der Waals surface area contributed by atoms with E-state index in [1.807, 2.05) is 13.0 Å². The molecule has 0 aromatic carbocycles. The van der Waals surface area contributed by atoms with Crippen LogP contribution in [0.5, 0.6) is 0 Å². The van der Waals surface area contributed by atoms with Crippen molar-refractivity contribution in [2.75, 3.05) is 7.11 Å². The number of carbonyl (C=O) groups excluding carboxylic acids is 2. The molecule has 3 saturated carbocycles. The minimum Gasteiger partial charge on any atom is -0.468 e. The summed E-state index contributed by atoms with van der Waals surface area (Å²) in [5.74, 6) is 1.83. The summed E-state index contributed by atoms with van der Waals surface area (Å²) >= 11 is 4.00. The number of halogens is 1. The molecular formula is C31H45BrO3. The van der Waals surface area contributed by atoms with Crippen LogP contribution in [0.4, 0.5) is 0 Å². The third-order valence-corrected chi connectivity index (χ3v) is 14.2. The molecule has 0 bridgehead atoms. The molecule has 4 heteroatoms. The summed E-state index contributed by atoms with van der Waals surface area (Å²) in [6, 6.07) is 0. The molecule has 3 fully saturated rings. The standard InChI is InChI=1S/C31H45BrO3/c1-18-9-12-27(3)15-16-29(5)20(24(27)19(18)2)17-21(33)25-30(29,6)14-10-22-28(4,26(34)35-8)13-11-23(32)31(22,25)7/h11,13,17-19,22-25H,9-10,12,14-16H2,1-8H3/t18-,19+,22+,23+,24+,25+,27-,28+,29-,30-,31-/m1/s1. The smallest absolute Gasteiger partial charge is 0.315 e. The Morgan fingerprint density at radius 1 is 1.03 bits per heavy atom. The Labute approximate surface area is 221 Å². The zero-order chi connectivity index (χ0) is 25.8. The lowest BCUT2D eigenvalue weighted by Gasteiger charge is -2.70. The van der Waals surface area contributed by atoms with Crippen molar-refractivity contribution in [2.45, 2.75) is 91.8 Å². The van der Waals surface area contributed by atoms with Crippen molar-refractivity contribution in [1.82, 2.24) is 0 Å². The van der Waals surface area contributed by atoms with Crippen LogP contribution in [0.1, 0.15) is 87.0 Å². The summed E-state index contributed by atoms with van der Waals surface area (Å²) in [7, 11) is 1.49. The Kier molecular flexibility index (Phi) is 5.74. The number of ketones is 1. The second kappa shape index (κ2) is 7.81. The third kappa shape index (κ3) is 3.01.